The highest BCUT2D eigenvalue weighted by molar-refractivity contribution is 5.98. The Morgan fingerprint density at radius 2 is 2.26 bits per heavy atom. The third-order valence-corrected chi connectivity index (χ3v) is 3.04. The first-order valence-electron chi connectivity index (χ1n) is 6.40. The lowest BCUT2D eigenvalue weighted by atomic mass is 9.96. The average Bonchev–Trinajstić information content (AvgIpc) is 2.68. The van der Waals surface area contributed by atoms with Crippen molar-refractivity contribution in [2.24, 2.45) is 5.73 Å². The molecule has 0 saturated heterocycles. The number of nitrogens with zero attached hydrogens (tertiary/aromatic N) is 1. The molecule has 0 aliphatic carbocycles. The number of amides is 1. The fourth-order valence-corrected chi connectivity index (χ4v) is 2.02. The van der Waals surface area contributed by atoms with E-state index in [-0.39, 0.29) is 5.91 Å². The van der Waals surface area contributed by atoms with Gasteiger partial charge in [0.2, 0.25) is 5.91 Å². The van der Waals surface area contributed by atoms with Crippen LogP contribution < -0.4 is 11.1 Å². The number of aromatic nitrogens is 1. The zero-order valence-electron chi connectivity index (χ0n) is 11.5. The summed E-state index contributed by atoms with van der Waals surface area (Å²) in [4.78, 5) is 16.3. The van der Waals surface area contributed by atoms with E-state index in [1.165, 1.54) is 0 Å². The van der Waals surface area contributed by atoms with E-state index in [9.17, 15) is 4.79 Å². The number of benzene rings is 1. The average molecular weight is 261 g/mol. The van der Waals surface area contributed by atoms with E-state index in [0.717, 1.165) is 11.9 Å². The molecule has 1 amide bonds. The number of oxazole rings is 1. The van der Waals surface area contributed by atoms with Crippen LogP contribution in [-0.4, -0.2) is 16.4 Å². The van der Waals surface area contributed by atoms with Gasteiger partial charge in [0.1, 0.15) is 5.52 Å². The summed E-state index contributed by atoms with van der Waals surface area (Å²) in [5.41, 5.74) is 7.23. The second-order valence-corrected chi connectivity index (χ2v) is 5.04. The van der Waals surface area contributed by atoms with Gasteiger partial charge in [-0.2, -0.15) is 0 Å². The normalized spacial score (nSPS) is 14.3. The predicted octanol–water partition coefficient (Wildman–Crippen LogP) is 2.59. The van der Waals surface area contributed by atoms with E-state index in [1.54, 1.807) is 26.0 Å². The molecule has 0 aliphatic rings. The molecule has 2 rings (SSSR count). The van der Waals surface area contributed by atoms with Crippen molar-refractivity contribution in [3.8, 4) is 0 Å². The molecule has 1 heterocycles. The number of anilines is 1. The van der Waals surface area contributed by atoms with Crippen LogP contribution in [0, 0.1) is 6.92 Å². The van der Waals surface area contributed by atoms with Crippen molar-refractivity contribution < 1.29 is 9.21 Å². The van der Waals surface area contributed by atoms with Gasteiger partial charge in [-0.3, -0.25) is 4.79 Å². The third-order valence-electron chi connectivity index (χ3n) is 3.04. The van der Waals surface area contributed by atoms with Crippen molar-refractivity contribution in [1.29, 1.82) is 0 Å². The first-order valence-corrected chi connectivity index (χ1v) is 6.40. The van der Waals surface area contributed by atoms with E-state index in [4.69, 9.17) is 10.2 Å². The largest absolute Gasteiger partial charge is 0.441 e. The predicted molar refractivity (Wildman–Crippen MR) is 74.9 cm³/mol. The number of aryl methyl sites for hydroxylation is 1. The van der Waals surface area contributed by atoms with E-state index in [2.05, 4.69) is 10.3 Å². The molecule has 0 saturated carbocycles. The highest BCUT2D eigenvalue weighted by Crippen LogP contribution is 2.21. The molecule has 3 N–H and O–H groups in total. The van der Waals surface area contributed by atoms with Crippen molar-refractivity contribution >= 4 is 22.7 Å². The number of nitrogens with one attached hydrogen (secondary N) is 1. The molecule has 1 atom stereocenters. The molecule has 1 unspecified atom stereocenters. The van der Waals surface area contributed by atoms with Crippen molar-refractivity contribution in [2.75, 3.05) is 5.32 Å². The summed E-state index contributed by atoms with van der Waals surface area (Å²) in [5.74, 6) is 0.415. The van der Waals surface area contributed by atoms with Gasteiger partial charge in [-0.1, -0.05) is 13.3 Å². The van der Waals surface area contributed by atoms with Crippen LogP contribution in [0.2, 0.25) is 0 Å². The Hall–Kier alpha value is -1.88. The highest BCUT2D eigenvalue weighted by Gasteiger charge is 2.27. The summed E-state index contributed by atoms with van der Waals surface area (Å²) in [6.45, 7) is 5.53. The zero-order valence-corrected chi connectivity index (χ0v) is 11.5. The minimum Gasteiger partial charge on any atom is -0.441 e. The maximum absolute atomic E-state index is 12.1. The van der Waals surface area contributed by atoms with Crippen LogP contribution in [0.4, 0.5) is 5.69 Å². The number of nitrogens with two attached hydrogens (primary N) is 1. The fraction of sp³-hybridized carbons (Fsp3) is 0.429. The molecule has 102 valence electrons. The number of rotatable bonds is 4. The fourth-order valence-electron chi connectivity index (χ4n) is 2.02. The van der Waals surface area contributed by atoms with Crippen LogP contribution in [-0.2, 0) is 4.79 Å². The van der Waals surface area contributed by atoms with Crippen LogP contribution >= 0.6 is 0 Å². The minimum absolute atomic E-state index is 0.190. The van der Waals surface area contributed by atoms with Crippen LogP contribution in [0.3, 0.4) is 0 Å². The van der Waals surface area contributed by atoms with Gasteiger partial charge in [-0.25, -0.2) is 4.98 Å². The monoisotopic (exact) mass is 261 g/mol. The van der Waals surface area contributed by atoms with Crippen LogP contribution in [0.5, 0.6) is 0 Å². The van der Waals surface area contributed by atoms with Crippen LogP contribution in [0.25, 0.3) is 11.1 Å². The summed E-state index contributed by atoms with van der Waals surface area (Å²) in [7, 11) is 0. The molecule has 19 heavy (non-hydrogen) atoms. The van der Waals surface area contributed by atoms with Crippen LogP contribution in [0.15, 0.2) is 22.6 Å². The smallest absolute Gasteiger partial charge is 0.244 e. The standard InChI is InChI=1S/C14H19N3O2/c1-4-7-14(3,15)13(18)17-10-5-6-11-12(8-10)19-9(2)16-11/h5-6,8H,4,7,15H2,1-3H3,(H,17,18). The van der Waals surface area contributed by atoms with E-state index < -0.39 is 5.54 Å². The molecule has 0 spiro atoms. The van der Waals surface area contributed by atoms with Gasteiger partial charge in [0.05, 0.1) is 5.54 Å². The second-order valence-electron chi connectivity index (χ2n) is 5.04. The van der Waals surface area contributed by atoms with Crippen molar-refractivity contribution in [3.05, 3.63) is 24.1 Å². The first kappa shape index (κ1) is 13.5. The van der Waals surface area contributed by atoms with Gasteiger partial charge in [0, 0.05) is 18.7 Å². The van der Waals surface area contributed by atoms with Gasteiger partial charge in [-0.15, -0.1) is 0 Å². The summed E-state index contributed by atoms with van der Waals surface area (Å²) < 4.78 is 5.43. The van der Waals surface area contributed by atoms with Crippen molar-refractivity contribution in [3.63, 3.8) is 0 Å². The molecule has 1 aromatic heterocycles. The molecule has 0 bridgehead atoms. The lowest BCUT2D eigenvalue weighted by molar-refractivity contribution is -0.120. The maximum atomic E-state index is 12.1. The topological polar surface area (TPSA) is 81.2 Å². The quantitative estimate of drug-likeness (QED) is 0.886. The van der Waals surface area contributed by atoms with Crippen molar-refractivity contribution in [1.82, 2.24) is 4.98 Å². The second kappa shape index (κ2) is 5.01. The summed E-state index contributed by atoms with van der Waals surface area (Å²) >= 11 is 0. The Morgan fingerprint density at radius 3 is 2.95 bits per heavy atom. The molecule has 2 aromatic rings. The zero-order chi connectivity index (χ0) is 14.0. The van der Waals surface area contributed by atoms with Gasteiger partial charge < -0.3 is 15.5 Å². The first-order chi connectivity index (χ1) is 8.92. The Morgan fingerprint density at radius 1 is 1.53 bits per heavy atom. The molecule has 5 heteroatoms. The lowest BCUT2D eigenvalue weighted by Crippen LogP contribution is -2.48. The molecule has 0 aliphatic heterocycles. The van der Waals surface area contributed by atoms with Gasteiger partial charge in [0.25, 0.3) is 0 Å². The number of carbonyl (C=O) groups excluding carboxylic acids is 1. The van der Waals surface area contributed by atoms with E-state index in [1.807, 2.05) is 13.0 Å². The highest BCUT2D eigenvalue weighted by atomic mass is 16.3. The summed E-state index contributed by atoms with van der Waals surface area (Å²) in [5, 5.41) is 2.82. The molecule has 5 nitrogen and oxygen atoms in total. The van der Waals surface area contributed by atoms with Gasteiger partial charge >= 0.3 is 0 Å². The third kappa shape index (κ3) is 2.93. The van der Waals surface area contributed by atoms with Gasteiger partial charge in [0.15, 0.2) is 11.5 Å². The van der Waals surface area contributed by atoms with Crippen molar-refractivity contribution in [2.45, 2.75) is 39.2 Å². The maximum Gasteiger partial charge on any atom is 0.244 e. The number of hydrogen-bond acceptors (Lipinski definition) is 4. The Bertz CT molecular complexity index is 602. The van der Waals surface area contributed by atoms with E-state index >= 15 is 0 Å². The molecule has 0 radical (unpaired) electrons. The summed E-state index contributed by atoms with van der Waals surface area (Å²) in [6.07, 6.45) is 1.50. The van der Waals surface area contributed by atoms with E-state index in [0.29, 0.717) is 23.6 Å². The molecule has 1 aromatic carbocycles. The van der Waals surface area contributed by atoms with Crippen LogP contribution in [0.1, 0.15) is 32.6 Å². The molecular weight excluding hydrogens is 242 g/mol. The summed E-state index contributed by atoms with van der Waals surface area (Å²) in [6, 6.07) is 5.37. The Kier molecular flexibility index (Phi) is 3.57. The molecule has 0 fully saturated rings. The van der Waals surface area contributed by atoms with Gasteiger partial charge in [-0.05, 0) is 25.5 Å². The molecular formula is C14H19N3O2. The minimum atomic E-state index is -0.860. The number of carbonyl (C=O) groups is 1. The Balaban J connectivity index is 2.19. The lowest BCUT2D eigenvalue weighted by Gasteiger charge is -2.22. The Labute approximate surface area is 112 Å². The SMILES string of the molecule is CCCC(C)(N)C(=O)Nc1ccc2nc(C)oc2c1. The number of fused-ring (bicyclic) bond motifs is 1. The number of hydrogen-bond donors (Lipinski definition) is 2.